The second kappa shape index (κ2) is 47.5. The van der Waals surface area contributed by atoms with Crippen molar-refractivity contribution in [2.75, 3.05) is 13.2 Å². The first-order chi connectivity index (χ1) is 29.5. The summed E-state index contributed by atoms with van der Waals surface area (Å²) in [4.78, 5) is 37.6. The lowest BCUT2D eigenvalue weighted by atomic mass is 10.1. The van der Waals surface area contributed by atoms with E-state index in [1.54, 1.807) is 0 Å². The Bertz CT molecular complexity index is 1320. The zero-order valence-electron chi connectivity index (χ0n) is 38.2. The van der Waals surface area contributed by atoms with Crippen molar-refractivity contribution in [1.82, 2.24) is 0 Å². The summed E-state index contributed by atoms with van der Waals surface area (Å²) in [6.07, 6.45) is 64.9. The Balaban J connectivity index is 4.42. The molecule has 0 aromatic heterocycles. The third-order valence-corrected chi connectivity index (χ3v) is 9.21. The van der Waals surface area contributed by atoms with Crippen molar-refractivity contribution in [2.24, 2.45) is 0 Å². The first-order valence-electron chi connectivity index (χ1n) is 23.5. The number of esters is 3. The van der Waals surface area contributed by atoms with Crippen molar-refractivity contribution in [3.63, 3.8) is 0 Å². The fraction of sp³-hybridized carbons (Fsp3) is 0.574. The van der Waals surface area contributed by atoms with Gasteiger partial charge in [0.2, 0.25) is 0 Å². The summed E-state index contributed by atoms with van der Waals surface area (Å²) < 4.78 is 16.6. The quantitative estimate of drug-likeness (QED) is 0.0265. The fourth-order valence-corrected chi connectivity index (χ4v) is 5.73. The molecule has 0 aromatic rings. The number of unbranched alkanes of at least 4 members (excludes halogenated alkanes) is 9. The number of hydrogen-bond acceptors (Lipinski definition) is 6. The maximum atomic E-state index is 12.7. The van der Waals surface area contributed by atoms with Gasteiger partial charge in [0.05, 0.1) is 0 Å². The maximum absolute atomic E-state index is 12.7. The van der Waals surface area contributed by atoms with Crippen LogP contribution in [-0.4, -0.2) is 37.2 Å². The van der Waals surface area contributed by atoms with Gasteiger partial charge in [-0.25, -0.2) is 0 Å². The topological polar surface area (TPSA) is 78.9 Å². The predicted octanol–water partition coefficient (Wildman–Crippen LogP) is 15.4. The van der Waals surface area contributed by atoms with Gasteiger partial charge in [-0.3, -0.25) is 14.4 Å². The molecule has 1 atom stereocenters. The van der Waals surface area contributed by atoms with E-state index < -0.39 is 6.10 Å². The molecule has 0 heterocycles. The van der Waals surface area contributed by atoms with Crippen LogP contribution in [0.1, 0.15) is 181 Å². The minimum absolute atomic E-state index is 0.113. The fourth-order valence-electron chi connectivity index (χ4n) is 5.73. The molecule has 0 spiro atoms. The summed E-state index contributed by atoms with van der Waals surface area (Å²) in [6, 6.07) is 0. The van der Waals surface area contributed by atoms with Crippen LogP contribution in [0.4, 0.5) is 0 Å². The van der Waals surface area contributed by atoms with Crippen LogP contribution in [0.15, 0.2) is 122 Å². The van der Waals surface area contributed by atoms with E-state index in [4.69, 9.17) is 14.2 Å². The van der Waals surface area contributed by atoms with E-state index in [0.717, 1.165) is 109 Å². The molecule has 0 aliphatic carbocycles. The van der Waals surface area contributed by atoms with E-state index in [-0.39, 0.29) is 37.5 Å². The zero-order chi connectivity index (χ0) is 43.7. The summed E-state index contributed by atoms with van der Waals surface area (Å²) in [5, 5.41) is 0. The number of rotatable bonds is 40. The normalized spacial score (nSPS) is 13.2. The Hall–Kier alpha value is -4.19. The Morgan fingerprint density at radius 2 is 0.650 bits per heavy atom. The van der Waals surface area contributed by atoms with Gasteiger partial charge < -0.3 is 14.2 Å². The van der Waals surface area contributed by atoms with Crippen molar-refractivity contribution in [1.29, 1.82) is 0 Å². The van der Waals surface area contributed by atoms with Crippen molar-refractivity contribution in [3.8, 4) is 0 Å². The van der Waals surface area contributed by atoms with Crippen molar-refractivity contribution >= 4 is 17.9 Å². The van der Waals surface area contributed by atoms with E-state index in [1.165, 1.54) is 19.3 Å². The van der Waals surface area contributed by atoms with Crippen LogP contribution in [0.3, 0.4) is 0 Å². The van der Waals surface area contributed by atoms with Crippen LogP contribution >= 0.6 is 0 Å². The lowest BCUT2D eigenvalue weighted by molar-refractivity contribution is -0.167. The monoisotopic (exact) mass is 829 g/mol. The Labute approximate surface area is 367 Å². The van der Waals surface area contributed by atoms with Gasteiger partial charge in [-0.15, -0.1) is 0 Å². The van der Waals surface area contributed by atoms with Crippen LogP contribution in [-0.2, 0) is 28.6 Å². The zero-order valence-corrected chi connectivity index (χ0v) is 38.2. The average molecular weight is 829 g/mol. The van der Waals surface area contributed by atoms with E-state index in [9.17, 15) is 14.4 Å². The van der Waals surface area contributed by atoms with Crippen LogP contribution in [0.5, 0.6) is 0 Å². The van der Waals surface area contributed by atoms with E-state index >= 15 is 0 Å². The molecule has 6 heteroatoms. The molecule has 0 aliphatic rings. The Morgan fingerprint density at radius 1 is 0.350 bits per heavy atom. The van der Waals surface area contributed by atoms with Crippen LogP contribution in [0.2, 0.25) is 0 Å². The molecule has 0 fully saturated rings. The largest absolute Gasteiger partial charge is 0.462 e. The number of allylic oxidation sites excluding steroid dienone is 20. The highest BCUT2D eigenvalue weighted by Gasteiger charge is 2.19. The third kappa shape index (κ3) is 44.9. The van der Waals surface area contributed by atoms with Gasteiger partial charge in [-0.05, 0) is 109 Å². The van der Waals surface area contributed by atoms with Crippen LogP contribution < -0.4 is 0 Å². The molecule has 60 heavy (non-hydrogen) atoms. The third-order valence-electron chi connectivity index (χ3n) is 9.21. The highest BCUT2D eigenvalue weighted by atomic mass is 16.6. The maximum Gasteiger partial charge on any atom is 0.306 e. The molecule has 0 saturated carbocycles. The van der Waals surface area contributed by atoms with Crippen molar-refractivity contribution in [3.05, 3.63) is 122 Å². The number of carbonyl (C=O) groups is 3. The van der Waals surface area contributed by atoms with Gasteiger partial charge in [-0.2, -0.15) is 0 Å². The van der Waals surface area contributed by atoms with Gasteiger partial charge in [-0.1, -0.05) is 174 Å². The molecule has 1 unspecified atom stereocenters. The molecule has 0 saturated heterocycles. The molecular formula is C54H84O6. The molecular weight excluding hydrogens is 745 g/mol. The minimum Gasteiger partial charge on any atom is -0.462 e. The smallest absolute Gasteiger partial charge is 0.306 e. The molecule has 336 valence electrons. The van der Waals surface area contributed by atoms with Gasteiger partial charge in [0.15, 0.2) is 6.10 Å². The molecule has 0 aliphatic heterocycles. The summed E-state index contributed by atoms with van der Waals surface area (Å²) in [5.41, 5.74) is 0. The average Bonchev–Trinajstić information content (AvgIpc) is 3.24. The summed E-state index contributed by atoms with van der Waals surface area (Å²) >= 11 is 0. The van der Waals surface area contributed by atoms with Gasteiger partial charge in [0.25, 0.3) is 0 Å². The van der Waals surface area contributed by atoms with Crippen LogP contribution in [0, 0.1) is 0 Å². The second-order valence-electron chi connectivity index (χ2n) is 14.9. The highest BCUT2D eigenvalue weighted by molar-refractivity contribution is 5.71. The molecule has 0 N–H and O–H groups in total. The van der Waals surface area contributed by atoms with Gasteiger partial charge >= 0.3 is 17.9 Å². The molecule has 0 amide bonds. The number of ether oxygens (including phenoxy) is 3. The van der Waals surface area contributed by atoms with Gasteiger partial charge in [0, 0.05) is 19.3 Å². The molecule has 0 rings (SSSR count). The van der Waals surface area contributed by atoms with E-state index in [2.05, 4.69) is 142 Å². The summed E-state index contributed by atoms with van der Waals surface area (Å²) in [7, 11) is 0. The molecule has 0 aromatic carbocycles. The highest BCUT2D eigenvalue weighted by Crippen LogP contribution is 2.11. The number of carbonyl (C=O) groups excluding carboxylic acids is 3. The van der Waals surface area contributed by atoms with Crippen molar-refractivity contribution in [2.45, 2.75) is 187 Å². The van der Waals surface area contributed by atoms with E-state index in [0.29, 0.717) is 25.7 Å². The van der Waals surface area contributed by atoms with Gasteiger partial charge in [0.1, 0.15) is 13.2 Å². The molecule has 0 bridgehead atoms. The summed E-state index contributed by atoms with van der Waals surface area (Å²) in [6.45, 7) is 6.24. The second-order valence-corrected chi connectivity index (χ2v) is 14.9. The van der Waals surface area contributed by atoms with E-state index in [1.807, 2.05) is 0 Å². The molecule has 6 nitrogen and oxygen atoms in total. The summed E-state index contributed by atoms with van der Waals surface area (Å²) in [5.74, 6) is -1.02. The minimum atomic E-state index is -0.817. The lowest BCUT2D eigenvalue weighted by Crippen LogP contribution is -2.30. The first kappa shape index (κ1) is 55.8. The SMILES string of the molecule is CC/C=C\C/C=C\C/C=C\C/C=C\C/C=C\C/C=C\CCCCC(=O)OCC(COC(=O)CCCCCCCC)OC(=O)CCCC/C=C\C/C=C\C/C=C\C/C=C\CC. The number of hydrogen-bond donors (Lipinski definition) is 0. The predicted molar refractivity (Wildman–Crippen MR) is 256 cm³/mol. The van der Waals surface area contributed by atoms with Crippen LogP contribution in [0.25, 0.3) is 0 Å². The Kier molecular flexibility index (Phi) is 44.2. The molecule has 0 radical (unpaired) electrons. The Morgan fingerprint density at radius 3 is 1.02 bits per heavy atom. The lowest BCUT2D eigenvalue weighted by Gasteiger charge is -2.18. The van der Waals surface area contributed by atoms with Crippen molar-refractivity contribution < 1.29 is 28.6 Å². The first-order valence-corrected chi connectivity index (χ1v) is 23.5. The standard InChI is InChI=1S/C54H84O6/c1-4-7-10-13-16-18-20-22-24-25-26-27-28-29-31-32-34-36-38-41-44-47-53(56)59-50-51(49-58-52(55)46-43-40-15-12-9-6-3)60-54(57)48-45-42-39-37-35-33-30-23-21-19-17-14-11-8-5-2/h7-8,10-11,16-19,22-24,26-27,29-31,34-37,51H,4-6,9,12-15,20-21,25,28,32-33,38-50H2,1-3H3/b10-7-,11-8-,18-16-,19-17-,24-22-,27-26-,30-23-,31-29-,36-34-,37-35-.